The first-order valence-corrected chi connectivity index (χ1v) is 7.60. The monoisotopic (exact) mass is 313 g/mol. The number of hydrogen-bond acceptors (Lipinski definition) is 4. The molecule has 4 nitrogen and oxygen atoms in total. The van der Waals surface area contributed by atoms with E-state index in [4.69, 9.17) is 4.74 Å². The van der Waals surface area contributed by atoms with Gasteiger partial charge in [-0.3, -0.25) is 4.79 Å². The highest BCUT2D eigenvalue weighted by Gasteiger charge is 2.38. The van der Waals surface area contributed by atoms with Crippen LogP contribution in [0.1, 0.15) is 31.0 Å². The van der Waals surface area contributed by atoms with Gasteiger partial charge in [-0.15, -0.1) is 0 Å². The van der Waals surface area contributed by atoms with Crippen molar-refractivity contribution < 1.29 is 14.6 Å². The standard InChI is InChI=1S/C19H23NO3/c1-19(2,18(22)23-3)17(15-7-5-4-6-8-15)20-13-14-9-11-16(21)12-10-14/h4-12,17,20-21H,13H2,1-3H3. The summed E-state index contributed by atoms with van der Waals surface area (Å²) in [5.41, 5.74) is 1.35. The molecule has 122 valence electrons. The summed E-state index contributed by atoms with van der Waals surface area (Å²) in [6.07, 6.45) is 0. The van der Waals surface area contributed by atoms with E-state index in [-0.39, 0.29) is 17.8 Å². The number of benzene rings is 2. The van der Waals surface area contributed by atoms with Crippen LogP contribution < -0.4 is 5.32 Å². The minimum absolute atomic E-state index is 0.190. The van der Waals surface area contributed by atoms with Crippen LogP contribution in [0, 0.1) is 5.41 Å². The number of aromatic hydroxyl groups is 1. The number of esters is 1. The van der Waals surface area contributed by atoms with E-state index >= 15 is 0 Å². The highest BCUT2D eigenvalue weighted by molar-refractivity contribution is 5.77. The van der Waals surface area contributed by atoms with Crippen molar-refractivity contribution >= 4 is 5.97 Å². The number of phenols is 1. The van der Waals surface area contributed by atoms with Gasteiger partial charge in [-0.25, -0.2) is 0 Å². The van der Waals surface area contributed by atoms with Gasteiger partial charge in [0.1, 0.15) is 5.75 Å². The van der Waals surface area contributed by atoms with E-state index in [9.17, 15) is 9.90 Å². The summed E-state index contributed by atoms with van der Waals surface area (Å²) in [5, 5.41) is 12.8. The first-order chi connectivity index (χ1) is 10.9. The van der Waals surface area contributed by atoms with Gasteiger partial charge in [0, 0.05) is 12.6 Å². The predicted molar refractivity (Wildman–Crippen MR) is 89.9 cm³/mol. The van der Waals surface area contributed by atoms with Crippen molar-refractivity contribution in [3.05, 3.63) is 65.7 Å². The number of rotatable bonds is 6. The average Bonchev–Trinajstić information content (AvgIpc) is 2.56. The van der Waals surface area contributed by atoms with E-state index in [2.05, 4.69) is 5.32 Å². The minimum Gasteiger partial charge on any atom is -0.508 e. The van der Waals surface area contributed by atoms with Crippen LogP contribution in [0.3, 0.4) is 0 Å². The highest BCUT2D eigenvalue weighted by atomic mass is 16.5. The molecule has 0 aliphatic carbocycles. The summed E-state index contributed by atoms with van der Waals surface area (Å²) in [6.45, 7) is 4.33. The van der Waals surface area contributed by atoms with E-state index < -0.39 is 5.41 Å². The topological polar surface area (TPSA) is 58.6 Å². The van der Waals surface area contributed by atoms with Gasteiger partial charge in [-0.1, -0.05) is 42.5 Å². The van der Waals surface area contributed by atoms with Crippen molar-refractivity contribution in [3.63, 3.8) is 0 Å². The molecule has 0 amide bonds. The molecule has 1 unspecified atom stereocenters. The number of carbonyl (C=O) groups excluding carboxylic acids is 1. The molecule has 1 atom stereocenters. The fraction of sp³-hybridized carbons (Fsp3) is 0.316. The molecule has 0 spiro atoms. The van der Waals surface area contributed by atoms with E-state index in [1.54, 1.807) is 12.1 Å². The van der Waals surface area contributed by atoms with Crippen LogP contribution in [-0.2, 0) is 16.1 Å². The average molecular weight is 313 g/mol. The minimum atomic E-state index is -0.715. The summed E-state index contributed by atoms with van der Waals surface area (Å²) >= 11 is 0. The van der Waals surface area contributed by atoms with Crippen LogP contribution in [-0.4, -0.2) is 18.2 Å². The smallest absolute Gasteiger partial charge is 0.313 e. The van der Waals surface area contributed by atoms with Gasteiger partial charge in [0.05, 0.1) is 12.5 Å². The molecule has 0 radical (unpaired) electrons. The van der Waals surface area contributed by atoms with Crippen LogP contribution in [0.4, 0.5) is 0 Å². The van der Waals surface area contributed by atoms with E-state index in [1.807, 2.05) is 56.3 Å². The van der Waals surface area contributed by atoms with Crippen LogP contribution >= 0.6 is 0 Å². The summed E-state index contributed by atoms with van der Waals surface area (Å²) in [7, 11) is 1.41. The molecule has 23 heavy (non-hydrogen) atoms. The Morgan fingerprint density at radius 1 is 1.13 bits per heavy atom. The van der Waals surface area contributed by atoms with E-state index in [0.29, 0.717) is 6.54 Å². The SMILES string of the molecule is COC(=O)C(C)(C)C(NCc1ccc(O)cc1)c1ccccc1. The van der Waals surface area contributed by atoms with Gasteiger partial charge in [-0.2, -0.15) is 0 Å². The lowest BCUT2D eigenvalue weighted by molar-refractivity contribution is -0.152. The van der Waals surface area contributed by atoms with Crippen molar-refractivity contribution in [3.8, 4) is 5.75 Å². The number of carbonyl (C=O) groups is 1. The van der Waals surface area contributed by atoms with Crippen molar-refractivity contribution in [1.29, 1.82) is 0 Å². The molecule has 0 aromatic heterocycles. The number of methoxy groups -OCH3 is 1. The van der Waals surface area contributed by atoms with Crippen LogP contribution in [0.5, 0.6) is 5.75 Å². The molecular formula is C19H23NO3. The predicted octanol–water partition coefficient (Wildman–Crippen LogP) is 3.42. The molecular weight excluding hydrogens is 290 g/mol. The lowest BCUT2D eigenvalue weighted by atomic mass is 9.80. The maximum absolute atomic E-state index is 12.2. The van der Waals surface area contributed by atoms with Gasteiger partial charge in [-0.05, 0) is 37.1 Å². The Labute approximate surface area is 137 Å². The van der Waals surface area contributed by atoms with Crippen LogP contribution in [0.2, 0.25) is 0 Å². The Balaban J connectivity index is 2.23. The van der Waals surface area contributed by atoms with Gasteiger partial charge < -0.3 is 15.2 Å². The summed E-state index contributed by atoms with van der Waals surface area (Å²) < 4.78 is 4.97. The van der Waals surface area contributed by atoms with Gasteiger partial charge in [0.25, 0.3) is 0 Å². The summed E-state index contributed by atoms with van der Waals surface area (Å²) in [4.78, 5) is 12.2. The third kappa shape index (κ3) is 4.11. The molecule has 0 heterocycles. The fourth-order valence-corrected chi connectivity index (χ4v) is 2.65. The van der Waals surface area contributed by atoms with Gasteiger partial charge in [0.15, 0.2) is 0 Å². The van der Waals surface area contributed by atoms with Crippen LogP contribution in [0.25, 0.3) is 0 Å². The van der Waals surface area contributed by atoms with Gasteiger partial charge in [0.2, 0.25) is 0 Å². The zero-order valence-corrected chi connectivity index (χ0v) is 13.7. The molecule has 0 saturated carbocycles. The fourth-order valence-electron chi connectivity index (χ4n) is 2.65. The molecule has 4 heteroatoms. The molecule has 2 rings (SSSR count). The molecule has 0 bridgehead atoms. The van der Waals surface area contributed by atoms with Crippen LogP contribution in [0.15, 0.2) is 54.6 Å². The Morgan fingerprint density at radius 2 is 1.74 bits per heavy atom. The van der Waals surface area contributed by atoms with Crippen molar-refractivity contribution in [2.75, 3.05) is 7.11 Å². The van der Waals surface area contributed by atoms with Crippen molar-refractivity contribution in [2.24, 2.45) is 5.41 Å². The number of hydrogen-bond donors (Lipinski definition) is 2. The van der Waals surface area contributed by atoms with E-state index in [1.165, 1.54) is 7.11 Å². The second-order valence-corrected chi connectivity index (χ2v) is 6.10. The normalized spacial score (nSPS) is 12.7. The maximum Gasteiger partial charge on any atom is 0.313 e. The second-order valence-electron chi connectivity index (χ2n) is 6.10. The lowest BCUT2D eigenvalue weighted by Gasteiger charge is -2.33. The Morgan fingerprint density at radius 3 is 2.30 bits per heavy atom. The first-order valence-electron chi connectivity index (χ1n) is 7.60. The molecule has 0 saturated heterocycles. The molecule has 2 aromatic rings. The van der Waals surface area contributed by atoms with Gasteiger partial charge >= 0.3 is 5.97 Å². The Kier molecular flexibility index (Phi) is 5.40. The highest BCUT2D eigenvalue weighted by Crippen LogP contribution is 2.34. The Bertz CT molecular complexity index is 635. The number of phenolic OH excluding ortho intramolecular Hbond substituents is 1. The molecule has 2 aromatic carbocycles. The summed E-state index contributed by atoms with van der Waals surface area (Å²) in [6, 6.07) is 16.7. The largest absolute Gasteiger partial charge is 0.508 e. The molecule has 0 aliphatic heterocycles. The molecule has 0 aliphatic rings. The molecule has 0 fully saturated rings. The van der Waals surface area contributed by atoms with Crippen molar-refractivity contribution in [1.82, 2.24) is 5.32 Å². The molecule has 2 N–H and O–H groups in total. The third-order valence-corrected chi connectivity index (χ3v) is 4.01. The zero-order valence-electron chi connectivity index (χ0n) is 13.7. The lowest BCUT2D eigenvalue weighted by Crippen LogP contribution is -2.40. The number of ether oxygens (including phenoxy) is 1. The third-order valence-electron chi connectivity index (χ3n) is 4.01. The Hall–Kier alpha value is -2.33. The quantitative estimate of drug-likeness (QED) is 0.802. The maximum atomic E-state index is 12.2. The number of nitrogens with one attached hydrogen (secondary N) is 1. The zero-order chi connectivity index (χ0) is 16.9. The van der Waals surface area contributed by atoms with E-state index in [0.717, 1.165) is 11.1 Å². The second kappa shape index (κ2) is 7.29. The summed E-state index contributed by atoms with van der Waals surface area (Å²) in [5.74, 6) is -0.0205. The van der Waals surface area contributed by atoms with Crippen molar-refractivity contribution in [2.45, 2.75) is 26.4 Å². The first kappa shape index (κ1) is 17.0.